The van der Waals surface area contributed by atoms with Gasteiger partial charge < -0.3 is 19.7 Å². The summed E-state index contributed by atoms with van der Waals surface area (Å²) in [5.74, 6) is 0.808. The maximum absolute atomic E-state index is 11.8. The largest absolute Gasteiger partial charge is 0.488 e. The molecule has 0 aliphatic carbocycles. The second-order valence-corrected chi connectivity index (χ2v) is 7.70. The maximum Gasteiger partial charge on any atom is 0.411 e. The Balaban J connectivity index is 1.73. The van der Waals surface area contributed by atoms with E-state index in [2.05, 4.69) is 36.3 Å². The summed E-state index contributed by atoms with van der Waals surface area (Å²) in [6.45, 7) is 12.2. The zero-order valence-corrected chi connectivity index (χ0v) is 17.1. The number of benzene rings is 1. The number of unbranched alkanes of at least 4 members (excludes halogenated alkanes) is 2. The van der Waals surface area contributed by atoms with Crippen molar-refractivity contribution in [1.82, 2.24) is 10.2 Å². The normalized spacial score (nSPS) is 15.4. The van der Waals surface area contributed by atoms with Crippen LogP contribution in [0.15, 0.2) is 24.3 Å². The number of nitrogens with one attached hydrogen (secondary N) is 2. The van der Waals surface area contributed by atoms with Crippen LogP contribution in [0.4, 0.5) is 10.5 Å². The molecule has 152 valence electrons. The van der Waals surface area contributed by atoms with Gasteiger partial charge in [-0.15, -0.1) is 0 Å². The van der Waals surface area contributed by atoms with Crippen molar-refractivity contribution in [2.24, 2.45) is 0 Å². The summed E-state index contributed by atoms with van der Waals surface area (Å²) in [5.41, 5.74) is 0.472. The molecule has 2 N–H and O–H groups in total. The van der Waals surface area contributed by atoms with Crippen LogP contribution in [0.25, 0.3) is 0 Å². The number of carbonyl (C=O) groups excluding carboxylic acids is 1. The van der Waals surface area contributed by atoms with E-state index in [9.17, 15) is 4.79 Å². The first-order valence-electron chi connectivity index (χ1n) is 10.1. The van der Waals surface area contributed by atoms with Crippen LogP contribution in [-0.2, 0) is 4.74 Å². The van der Waals surface area contributed by atoms with Gasteiger partial charge in [0.05, 0.1) is 6.61 Å². The summed E-state index contributed by atoms with van der Waals surface area (Å²) < 4.78 is 11.3. The highest BCUT2D eigenvalue weighted by atomic mass is 16.5. The van der Waals surface area contributed by atoms with Crippen molar-refractivity contribution >= 4 is 11.8 Å². The van der Waals surface area contributed by atoms with Crippen molar-refractivity contribution in [3.05, 3.63) is 24.3 Å². The van der Waals surface area contributed by atoms with Crippen molar-refractivity contribution in [2.45, 2.75) is 52.1 Å². The van der Waals surface area contributed by atoms with E-state index in [4.69, 9.17) is 9.47 Å². The number of hydrogen-bond acceptors (Lipinski definition) is 5. The van der Waals surface area contributed by atoms with Gasteiger partial charge in [0.1, 0.15) is 11.4 Å². The van der Waals surface area contributed by atoms with Crippen molar-refractivity contribution < 1.29 is 14.3 Å². The quantitative estimate of drug-likeness (QED) is 0.606. The Morgan fingerprint density at radius 2 is 1.89 bits per heavy atom. The molecule has 0 radical (unpaired) electrons. The molecule has 1 aliphatic rings. The molecule has 1 heterocycles. The van der Waals surface area contributed by atoms with Gasteiger partial charge in [0.2, 0.25) is 0 Å². The Kier molecular flexibility index (Phi) is 8.88. The molecule has 27 heavy (non-hydrogen) atoms. The van der Waals surface area contributed by atoms with Crippen LogP contribution in [0, 0.1) is 0 Å². The molecule has 1 aliphatic heterocycles. The Labute approximate surface area is 163 Å². The number of hydrogen-bond donors (Lipinski definition) is 2. The van der Waals surface area contributed by atoms with E-state index in [1.54, 1.807) is 0 Å². The number of piperazine rings is 1. The van der Waals surface area contributed by atoms with E-state index < -0.39 is 6.09 Å². The molecule has 0 aromatic heterocycles. The zero-order chi connectivity index (χ0) is 19.5. The van der Waals surface area contributed by atoms with E-state index in [0.717, 1.165) is 64.2 Å². The summed E-state index contributed by atoms with van der Waals surface area (Å²) >= 11 is 0. The van der Waals surface area contributed by atoms with Crippen LogP contribution in [0.1, 0.15) is 46.5 Å². The van der Waals surface area contributed by atoms with Crippen LogP contribution in [0.2, 0.25) is 0 Å². The molecule has 1 aromatic carbocycles. The lowest BCUT2D eigenvalue weighted by Gasteiger charge is -2.32. The van der Waals surface area contributed by atoms with Gasteiger partial charge >= 0.3 is 6.09 Å². The van der Waals surface area contributed by atoms with E-state index in [0.29, 0.717) is 12.3 Å². The molecule has 1 amide bonds. The SMILES string of the molecule is CCCCCOC(=O)Nc1ccc(OC(C)(C)CCN2CCNCC2)cc1. The van der Waals surface area contributed by atoms with Crippen molar-refractivity contribution in [3.63, 3.8) is 0 Å². The fourth-order valence-corrected chi connectivity index (χ4v) is 3.01. The van der Waals surface area contributed by atoms with Gasteiger partial charge in [-0.05, 0) is 51.0 Å². The van der Waals surface area contributed by atoms with Crippen LogP contribution < -0.4 is 15.4 Å². The molecule has 6 heteroatoms. The molecule has 0 unspecified atom stereocenters. The number of nitrogens with zero attached hydrogens (tertiary/aromatic N) is 1. The maximum atomic E-state index is 11.8. The molecule has 2 rings (SSSR count). The number of carbonyl (C=O) groups is 1. The third-order valence-electron chi connectivity index (χ3n) is 4.72. The molecule has 6 nitrogen and oxygen atoms in total. The minimum atomic E-state index is -0.406. The van der Waals surface area contributed by atoms with Crippen molar-refractivity contribution in [2.75, 3.05) is 44.6 Å². The van der Waals surface area contributed by atoms with Gasteiger partial charge in [0.15, 0.2) is 0 Å². The second-order valence-electron chi connectivity index (χ2n) is 7.70. The zero-order valence-electron chi connectivity index (χ0n) is 17.1. The summed E-state index contributed by atoms with van der Waals surface area (Å²) in [4.78, 5) is 14.2. The smallest absolute Gasteiger partial charge is 0.411 e. The average molecular weight is 378 g/mol. The third kappa shape index (κ3) is 8.63. The van der Waals surface area contributed by atoms with E-state index in [1.807, 2.05) is 24.3 Å². The predicted molar refractivity (Wildman–Crippen MR) is 110 cm³/mol. The Bertz CT molecular complexity index is 554. The molecule has 1 fully saturated rings. The fourth-order valence-electron chi connectivity index (χ4n) is 3.01. The fraction of sp³-hybridized carbons (Fsp3) is 0.667. The number of anilines is 1. The minimum absolute atomic E-state index is 0.238. The molecular formula is C21H35N3O3. The molecule has 0 atom stereocenters. The first kappa shape index (κ1) is 21.5. The molecule has 1 saturated heterocycles. The van der Waals surface area contributed by atoms with Crippen LogP contribution >= 0.6 is 0 Å². The third-order valence-corrected chi connectivity index (χ3v) is 4.72. The average Bonchev–Trinajstić information content (AvgIpc) is 2.66. The summed E-state index contributed by atoms with van der Waals surface area (Å²) in [6, 6.07) is 7.46. The Hall–Kier alpha value is -1.79. The van der Waals surface area contributed by atoms with Crippen LogP contribution in [0.5, 0.6) is 5.75 Å². The number of amides is 1. The second kappa shape index (κ2) is 11.1. The van der Waals surface area contributed by atoms with Gasteiger partial charge in [-0.1, -0.05) is 19.8 Å². The van der Waals surface area contributed by atoms with Crippen molar-refractivity contribution in [1.29, 1.82) is 0 Å². The molecular weight excluding hydrogens is 342 g/mol. The lowest BCUT2D eigenvalue weighted by Crippen LogP contribution is -2.45. The lowest BCUT2D eigenvalue weighted by molar-refractivity contribution is 0.0809. The minimum Gasteiger partial charge on any atom is -0.488 e. The van der Waals surface area contributed by atoms with E-state index >= 15 is 0 Å². The van der Waals surface area contributed by atoms with E-state index in [-0.39, 0.29) is 5.60 Å². The van der Waals surface area contributed by atoms with Crippen molar-refractivity contribution in [3.8, 4) is 5.75 Å². The van der Waals surface area contributed by atoms with Gasteiger partial charge in [0, 0.05) is 38.4 Å². The van der Waals surface area contributed by atoms with E-state index in [1.165, 1.54) is 0 Å². The molecule has 0 spiro atoms. The van der Waals surface area contributed by atoms with Crippen LogP contribution in [-0.4, -0.2) is 55.9 Å². The first-order valence-corrected chi connectivity index (χ1v) is 10.1. The molecule has 0 bridgehead atoms. The lowest BCUT2D eigenvalue weighted by atomic mass is 10.0. The van der Waals surface area contributed by atoms with Gasteiger partial charge in [-0.2, -0.15) is 0 Å². The predicted octanol–water partition coefficient (Wildman–Crippen LogP) is 3.88. The summed E-state index contributed by atoms with van der Waals surface area (Å²) in [6.07, 6.45) is 3.65. The summed E-state index contributed by atoms with van der Waals surface area (Å²) in [7, 11) is 0. The topological polar surface area (TPSA) is 62.8 Å². The standard InChI is InChI=1S/C21H35N3O3/c1-4-5-6-17-26-20(25)23-18-7-9-19(10-8-18)27-21(2,3)11-14-24-15-12-22-13-16-24/h7-10,22H,4-6,11-17H2,1-3H3,(H,23,25). The van der Waals surface area contributed by atoms with Gasteiger partial charge in [0.25, 0.3) is 0 Å². The number of ether oxygens (including phenoxy) is 2. The highest BCUT2D eigenvalue weighted by molar-refractivity contribution is 5.84. The molecule has 1 aromatic rings. The van der Waals surface area contributed by atoms with Gasteiger partial charge in [-0.25, -0.2) is 4.79 Å². The highest BCUT2D eigenvalue weighted by Gasteiger charge is 2.22. The first-order chi connectivity index (χ1) is 13.0. The van der Waals surface area contributed by atoms with Gasteiger partial charge in [-0.3, -0.25) is 5.32 Å². The Morgan fingerprint density at radius 1 is 1.19 bits per heavy atom. The highest BCUT2D eigenvalue weighted by Crippen LogP contribution is 2.23. The Morgan fingerprint density at radius 3 is 2.56 bits per heavy atom. The molecule has 0 saturated carbocycles. The monoisotopic (exact) mass is 377 g/mol. The number of rotatable bonds is 10. The summed E-state index contributed by atoms with van der Waals surface area (Å²) in [5, 5.41) is 6.12. The van der Waals surface area contributed by atoms with Crippen LogP contribution in [0.3, 0.4) is 0 Å².